The number of fused-ring (bicyclic) bond motifs is 2. The molecule has 2 aliphatic carbocycles. The monoisotopic (exact) mass is 355 g/mol. The predicted molar refractivity (Wildman–Crippen MR) is 100 cm³/mol. The first-order valence-corrected chi connectivity index (χ1v) is 10.2. The number of carbonyl (C=O) groups excluding carboxylic acids is 1. The van der Waals surface area contributed by atoms with Gasteiger partial charge in [0.1, 0.15) is 0 Å². The number of urea groups is 1. The zero-order chi connectivity index (χ0) is 17.6. The predicted octanol–water partition coefficient (Wildman–Crippen LogP) is 2.67. The fourth-order valence-corrected chi connectivity index (χ4v) is 5.18. The fourth-order valence-electron chi connectivity index (χ4n) is 5.18. The number of benzene rings is 1. The number of piperidine rings is 1. The highest BCUT2D eigenvalue weighted by molar-refractivity contribution is 5.75. The van der Waals surface area contributed by atoms with Gasteiger partial charge in [-0.05, 0) is 43.2 Å². The van der Waals surface area contributed by atoms with Crippen LogP contribution in [0.4, 0.5) is 4.79 Å². The number of morpholine rings is 1. The molecule has 1 atom stereocenters. The molecule has 2 amide bonds. The summed E-state index contributed by atoms with van der Waals surface area (Å²) >= 11 is 0. The smallest absolute Gasteiger partial charge is 0.317 e. The number of nitrogens with zero attached hydrogens (tertiary/aromatic N) is 2. The fraction of sp³-hybridized carbons (Fsp3) is 0.667. The van der Waals surface area contributed by atoms with E-state index in [0.717, 1.165) is 65.1 Å². The molecule has 1 spiro atoms. The van der Waals surface area contributed by atoms with E-state index in [2.05, 4.69) is 34.5 Å². The molecular formula is C21H29N3O2. The van der Waals surface area contributed by atoms with Crippen LogP contribution in [-0.4, -0.2) is 61.3 Å². The van der Waals surface area contributed by atoms with Crippen molar-refractivity contribution in [2.45, 2.75) is 49.6 Å². The summed E-state index contributed by atoms with van der Waals surface area (Å²) in [7, 11) is 0. The number of likely N-dealkylation sites (tertiary alicyclic amines) is 1. The van der Waals surface area contributed by atoms with Crippen LogP contribution < -0.4 is 5.32 Å². The summed E-state index contributed by atoms with van der Waals surface area (Å²) in [5.74, 6) is 0. The zero-order valence-corrected chi connectivity index (χ0v) is 15.5. The van der Waals surface area contributed by atoms with E-state index in [0.29, 0.717) is 12.1 Å². The second kappa shape index (κ2) is 6.54. The van der Waals surface area contributed by atoms with Crippen LogP contribution in [0.3, 0.4) is 0 Å². The number of nitrogens with one attached hydrogen (secondary N) is 1. The number of amides is 2. The molecular weight excluding hydrogens is 326 g/mol. The largest absolute Gasteiger partial charge is 0.379 e. The maximum atomic E-state index is 12.4. The Morgan fingerprint density at radius 1 is 1.08 bits per heavy atom. The Labute approximate surface area is 155 Å². The van der Waals surface area contributed by atoms with Crippen molar-refractivity contribution in [2.75, 3.05) is 39.4 Å². The van der Waals surface area contributed by atoms with E-state index in [1.807, 2.05) is 4.90 Å². The lowest BCUT2D eigenvalue weighted by molar-refractivity contribution is 0.0110. The van der Waals surface area contributed by atoms with Crippen LogP contribution in [0.25, 0.3) is 0 Å². The van der Waals surface area contributed by atoms with Gasteiger partial charge in [-0.15, -0.1) is 0 Å². The van der Waals surface area contributed by atoms with E-state index < -0.39 is 0 Å². The van der Waals surface area contributed by atoms with E-state index >= 15 is 0 Å². The Balaban J connectivity index is 1.33. The van der Waals surface area contributed by atoms with Gasteiger partial charge in [0.25, 0.3) is 0 Å². The topological polar surface area (TPSA) is 44.8 Å². The van der Waals surface area contributed by atoms with E-state index in [1.165, 1.54) is 12.0 Å². The van der Waals surface area contributed by atoms with Gasteiger partial charge in [-0.1, -0.05) is 24.3 Å². The van der Waals surface area contributed by atoms with E-state index in [-0.39, 0.29) is 11.4 Å². The van der Waals surface area contributed by atoms with Crippen LogP contribution in [0.1, 0.15) is 49.3 Å². The van der Waals surface area contributed by atoms with Crippen molar-refractivity contribution < 1.29 is 9.53 Å². The van der Waals surface area contributed by atoms with Gasteiger partial charge < -0.3 is 15.0 Å². The van der Waals surface area contributed by atoms with Crippen molar-refractivity contribution in [3.63, 3.8) is 0 Å². The van der Waals surface area contributed by atoms with Crippen LogP contribution >= 0.6 is 0 Å². The minimum atomic E-state index is 0.151. The summed E-state index contributed by atoms with van der Waals surface area (Å²) in [6, 6.07) is 10.2. The van der Waals surface area contributed by atoms with Gasteiger partial charge in [0, 0.05) is 43.7 Å². The molecule has 5 rings (SSSR count). The van der Waals surface area contributed by atoms with Crippen LogP contribution in [0, 0.1) is 0 Å². The number of ether oxygens (including phenoxy) is 1. The molecule has 2 saturated heterocycles. The molecule has 140 valence electrons. The highest BCUT2D eigenvalue weighted by Gasteiger charge is 2.47. The highest BCUT2D eigenvalue weighted by atomic mass is 16.5. The summed E-state index contributed by atoms with van der Waals surface area (Å²) in [4.78, 5) is 17.1. The van der Waals surface area contributed by atoms with Gasteiger partial charge in [-0.25, -0.2) is 4.79 Å². The first-order valence-electron chi connectivity index (χ1n) is 10.2. The molecule has 1 saturated carbocycles. The van der Waals surface area contributed by atoms with E-state index in [9.17, 15) is 4.79 Å². The van der Waals surface area contributed by atoms with Crippen LogP contribution in [0.5, 0.6) is 0 Å². The molecule has 1 N–H and O–H groups in total. The molecule has 1 aromatic carbocycles. The minimum absolute atomic E-state index is 0.151. The Kier molecular flexibility index (Phi) is 4.17. The first-order chi connectivity index (χ1) is 12.8. The first kappa shape index (κ1) is 16.6. The Morgan fingerprint density at radius 3 is 2.54 bits per heavy atom. The van der Waals surface area contributed by atoms with Gasteiger partial charge in [0.15, 0.2) is 0 Å². The summed E-state index contributed by atoms with van der Waals surface area (Å²) in [5.41, 5.74) is 3.31. The SMILES string of the molecule is O=C(NC1CC1)N1CCC2(CC1)CC(N1CCOCC1)c1ccccc12. The second-order valence-electron chi connectivity index (χ2n) is 8.45. The van der Waals surface area contributed by atoms with Crippen molar-refractivity contribution >= 4 is 6.03 Å². The molecule has 0 aromatic heterocycles. The lowest BCUT2D eigenvalue weighted by Crippen LogP contribution is -2.49. The maximum Gasteiger partial charge on any atom is 0.317 e. The molecule has 5 heteroatoms. The quantitative estimate of drug-likeness (QED) is 0.887. The maximum absolute atomic E-state index is 12.4. The van der Waals surface area contributed by atoms with Crippen LogP contribution in [0.2, 0.25) is 0 Å². The molecule has 5 nitrogen and oxygen atoms in total. The van der Waals surface area contributed by atoms with E-state index in [1.54, 1.807) is 5.56 Å². The lowest BCUT2D eigenvalue weighted by atomic mass is 9.73. The van der Waals surface area contributed by atoms with Crippen molar-refractivity contribution in [3.05, 3.63) is 35.4 Å². The Bertz CT molecular complexity index is 674. The standard InChI is InChI=1S/C21H29N3O2/c25-20(22-16-5-6-16)24-9-7-21(8-10-24)15-19(23-11-13-26-14-12-23)17-3-1-2-4-18(17)21/h1-4,16,19H,5-15H2,(H,22,25). The van der Waals surface area contributed by atoms with Gasteiger partial charge in [-0.2, -0.15) is 0 Å². The molecule has 2 heterocycles. The van der Waals surface area contributed by atoms with Gasteiger partial charge >= 0.3 is 6.03 Å². The molecule has 3 fully saturated rings. The third-order valence-electron chi connectivity index (χ3n) is 6.87. The molecule has 26 heavy (non-hydrogen) atoms. The number of carbonyl (C=O) groups is 1. The Morgan fingerprint density at radius 2 is 1.81 bits per heavy atom. The van der Waals surface area contributed by atoms with Crippen LogP contribution in [-0.2, 0) is 10.2 Å². The van der Waals surface area contributed by atoms with Gasteiger partial charge in [0.2, 0.25) is 0 Å². The summed E-state index contributed by atoms with van der Waals surface area (Å²) < 4.78 is 5.57. The lowest BCUT2D eigenvalue weighted by Gasteiger charge is -2.41. The molecule has 0 radical (unpaired) electrons. The summed E-state index contributed by atoms with van der Waals surface area (Å²) in [6.07, 6.45) is 5.67. The number of hydrogen-bond acceptors (Lipinski definition) is 3. The molecule has 4 aliphatic rings. The van der Waals surface area contributed by atoms with Gasteiger partial charge in [-0.3, -0.25) is 4.90 Å². The van der Waals surface area contributed by atoms with Crippen molar-refractivity contribution in [2.24, 2.45) is 0 Å². The van der Waals surface area contributed by atoms with Gasteiger partial charge in [0.05, 0.1) is 13.2 Å². The average Bonchev–Trinajstić information content (AvgIpc) is 3.46. The minimum Gasteiger partial charge on any atom is -0.379 e. The third kappa shape index (κ3) is 2.91. The van der Waals surface area contributed by atoms with Crippen molar-refractivity contribution in [3.8, 4) is 0 Å². The molecule has 1 unspecified atom stereocenters. The molecule has 1 aromatic rings. The van der Waals surface area contributed by atoms with E-state index in [4.69, 9.17) is 4.74 Å². The average molecular weight is 355 g/mol. The normalized spacial score (nSPS) is 28.2. The molecule has 0 bridgehead atoms. The van der Waals surface area contributed by atoms with Crippen molar-refractivity contribution in [1.82, 2.24) is 15.1 Å². The Hall–Kier alpha value is -1.59. The zero-order valence-electron chi connectivity index (χ0n) is 15.5. The highest BCUT2D eigenvalue weighted by Crippen LogP contribution is 2.52. The van der Waals surface area contributed by atoms with Crippen molar-refractivity contribution in [1.29, 1.82) is 0 Å². The summed E-state index contributed by atoms with van der Waals surface area (Å²) in [5, 5.41) is 3.15. The number of hydrogen-bond donors (Lipinski definition) is 1. The third-order valence-corrected chi connectivity index (χ3v) is 6.87. The van der Waals surface area contributed by atoms with Crippen LogP contribution in [0.15, 0.2) is 24.3 Å². The summed E-state index contributed by atoms with van der Waals surface area (Å²) in [6.45, 7) is 5.52. The number of rotatable bonds is 2. The molecule has 2 aliphatic heterocycles. The second-order valence-corrected chi connectivity index (χ2v) is 8.45.